The summed E-state index contributed by atoms with van der Waals surface area (Å²) in [4.78, 5) is 11.8. The Hall–Kier alpha value is -2.60. The number of nitrogens with one attached hydrogen (secondary N) is 2. The van der Waals surface area contributed by atoms with Crippen LogP contribution in [0, 0.1) is 6.92 Å². The molecule has 2 aromatic rings. The summed E-state index contributed by atoms with van der Waals surface area (Å²) in [5.74, 6) is 2.12. The van der Waals surface area contributed by atoms with Gasteiger partial charge >= 0.3 is 6.03 Å². The molecule has 2 amide bonds. The molecule has 0 saturated heterocycles. The van der Waals surface area contributed by atoms with Gasteiger partial charge in [0.1, 0.15) is 12.4 Å². The quantitative estimate of drug-likeness (QED) is 0.640. The lowest BCUT2D eigenvalue weighted by Crippen LogP contribution is -2.38. The molecule has 0 spiro atoms. The Labute approximate surface area is 164 Å². The molecule has 6 nitrogen and oxygen atoms in total. The van der Waals surface area contributed by atoms with Gasteiger partial charge in [-0.1, -0.05) is 17.7 Å². The molecule has 0 saturated carbocycles. The Morgan fingerprint density at radius 1 is 0.963 bits per heavy atom. The Bertz CT molecular complexity index is 768. The van der Waals surface area contributed by atoms with E-state index in [0.717, 1.165) is 16.9 Å². The Morgan fingerprint density at radius 2 is 1.67 bits per heavy atom. The first-order valence-corrected chi connectivity index (χ1v) is 9.03. The monoisotopic (exact) mass is 392 g/mol. The number of rotatable bonds is 9. The molecule has 0 aromatic heterocycles. The topological polar surface area (TPSA) is 68.8 Å². The van der Waals surface area contributed by atoms with E-state index in [0.29, 0.717) is 42.6 Å². The molecule has 0 aliphatic heterocycles. The standard InChI is InChI=1S/C20H25ClN2O4/c1-14-12-16(21)5-7-17(14)27-11-10-23-20(24)22-9-8-15-4-6-18(25-2)19(13-15)26-3/h4-7,12-13H,8-11H2,1-3H3,(H2,22,23,24). The first kappa shape index (κ1) is 20.7. The highest BCUT2D eigenvalue weighted by Gasteiger charge is 2.06. The maximum atomic E-state index is 11.8. The number of halogens is 1. The van der Waals surface area contributed by atoms with Crippen LogP contribution in [-0.4, -0.2) is 39.9 Å². The lowest BCUT2D eigenvalue weighted by Gasteiger charge is -2.12. The maximum Gasteiger partial charge on any atom is 0.314 e. The van der Waals surface area contributed by atoms with E-state index in [9.17, 15) is 4.79 Å². The highest BCUT2D eigenvalue weighted by Crippen LogP contribution is 2.27. The molecule has 2 aromatic carbocycles. The van der Waals surface area contributed by atoms with Crippen LogP contribution in [0.15, 0.2) is 36.4 Å². The smallest absolute Gasteiger partial charge is 0.314 e. The van der Waals surface area contributed by atoms with Crippen LogP contribution in [0.4, 0.5) is 4.79 Å². The van der Waals surface area contributed by atoms with Crippen LogP contribution in [0.2, 0.25) is 5.02 Å². The minimum atomic E-state index is -0.230. The molecule has 0 aliphatic rings. The summed E-state index contributed by atoms with van der Waals surface area (Å²) in [6.45, 7) is 3.23. The van der Waals surface area contributed by atoms with Crippen molar-refractivity contribution in [1.82, 2.24) is 10.6 Å². The molecule has 146 valence electrons. The van der Waals surface area contributed by atoms with Gasteiger partial charge in [0.05, 0.1) is 20.8 Å². The molecule has 0 fully saturated rings. The van der Waals surface area contributed by atoms with Crippen LogP contribution in [0.5, 0.6) is 17.2 Å². The van der Waals surface area contributed by atoms with E-state index >= 15 is 0 Å². The third kappa shape index (κ3) is 6.57. The lowest BCUT2D eigenvalue weighted by molar-refractivity contribution is 0.236. The first-order valence-electron chi connectivity index (χ1n) is 8.65. The van der Waals surface area contributed by atoms with Crippen LogP contribution in [0.1, 0.15) is 11.1 Å². The number of ether oxygens (including phenoxy) is 3. The summed E-state index contributed by atoms with van der Waals surface area (Å²) in [5.41, 5.74) is 2.01. The van der Waals surface area contributed by atoms with Crippen molar-refractivity contribution in [2.75, 3.05) is 33.9 Å². The number of amides is 2. The average molecular weight is 393 g/mol. The predicted molar refractivity (Wildman–Crippen MR) is 106 cm³/mol. The minimum Gasteiger partial charge on any atom is -0.493 e. The summed E-state index contributed by atoms with van der Waals surface area (Å²) in [5, 5.41) is 6.26. The number of carbonyl (C=O) groups excluding carboxylic acids is 1. The molecule has 2 N–H and O–H groups in total. The van der Waals surface area contributed by atoms with Crippen molar-refractivity contribution in [3.05, 3.63) is 52.5 Å². The van der Waals surface area contributed by atoms with E-state index in [1.54, 1.807) is 20.3 Å². The van der Waals surface area contributed by atoms with Crippen molar-refractivity contribution in [1.29, 1.82) is 0 Å². The predicted octanol–water partition coefficient (Wildman–Crippen LogP) is 3.59. The lowest BCUT2D eigenvalue weighted by atomic mass is 10.1. The van der Waals surface area contributed by atoms with Gasteiger partial charge in [-0.15, -0.1) is 0 Å². The Morgan fingerprint density at radius 3 is 2.37 bits per heavy atom. The second-order valence-corrected chi connectivity index (χ2v) is 6.32. The zero-order chi connectivity index (χ0) is 19.6. The van der Waals surface area contributed by atoms with Gasteiger partial charge in [0.15, 0.2) is 11.5 Å². The maximum absolute atomic E-state index is 11.8. The number of methoxy groups -OCH3 is 2. The molecule has 0 bridgehead atoms. The molecular formula is C20H25ClN2O4. The summed E-state index contributed by atoms with van der Waals surface area (Å²) in [7, 11) is 3.20. The van der Waals surface area contributed by atoms with Crippen LogP contribution >= 0.6 is 11.6 Å². The second kappa shape index (κ2) is 10.5. The fourth-order valence-electron chi connectivity index (χ4n) is 2.52. The number of hydrogen-bond donors (Lipinski definition) is 2. The average Bonchev–Trinajstić information content (AvgIpc) is 2.66. The number of urea groups is 1. The number of benzene rings is 2. The zero-order valence-electron chi connectivity index (χ0n) is 15.8. The highest BCUT2D eigenvalue weighted by molar-refractivity contribution is 6.30. The van der Waals surface area contributed by atoms with E-state index in [1.165, 1.54) is 0 Å². The van der Waals surface area contributed by atoms with Gasteiger partial charge in [-0.2, -0.15) is 0 Å². The van der Waals surface area contributed by atoms with Gasteiger partial charge in [0, 0.05) is 11.6 Å². The first-order chi connectivity index (χ1) is 13.0. The van der Waals surface area contributed by atoms with Crippen LogP contribution in [-0.2, 0) is 6.42 Å². The second-order valence-electron chi connectivity index (χ2n) is 5.88. The van der Waals surface area contributed by atoms with Gasteiger partial charge in [0.25, 0.3) is 0 Å². The van der Waals surface area contributed by atoms with E-state index in [-0.39, 0.29) is 6.03 Å². The van der Waals surface area contributed by atoms with Crippen LogP contribution in [0.25, 0.3) is 0 Å². The summed E-state index contributed by atoms with van der Waals surface area (Å²) < 4.78 is 16.1. The Balaban J connectivity index is 1.66. The third-order valence-corrected chi connectivity index (χ3v) is 4.16. The fourth-order valence-corrected chi connectivity index (χ4v) is 2.75. The van der Waals surface area contributed by atoms with Crippen molar-refractivity contribution in [3.63, 3.8) is 0 Å². The summed E-state index contributed by atoms with van der Waals surface area (Å²) >= 11 is 5.91. The molecule has 0 atom stereocenters. The van der Waals surface area contributed by atoms with Gasteiger partial charge in [-0.25, -0.2) is 4.79 Å². The molecule has 0 aliphatic carbocycles. The normalized spacial score (nSPS) is 10.2. The molecule has 0 unspecified atom stereocenters. The summed E-state index contributed by atoms with van der Waals surface area (Å²) in [6, 6.07) is 10.9. The molecule has 0 heterocycles. The number of hydrogen-bond acceptors (Lipinski definition) is 4. The molecule has 0 radical (unpaired) electrons. The molecular weight excluding hydrogens is 368 g/mol. The third-order valence-electron chi connectivity index (χ3n) is 3.93. The molecule has 27 heavy (non-hydrogen) atoms. The van der Waals surface area contributed by atoms with E-state index < -0.39 is 0 Å². The van der Waals surface area contributed by atoms with Gasteiger partial charge in [-0.05, 0) is 54.8 Å². The van der Waals surface area contributed by atoms with Crippen molar-refractivity contribution in [2.45, 2.75) is 13.3 Å². The van der Waals surface area contributed by atoms with Gasteiger partial charge < -0.3 is 24.8 Å². The Kier molecular flexibility index (Phi) is 8.07. The molecule has 7 heteroatoms. The summed E-state index contributed by atoms with van der Waals surface area (Å²) in [6.07, 6.45) is 0.689. The van der Waals surface area contributed by atoms with Crippen molar-refractivity contribution in [3.8, 4) is 17.2 Å². The van der Waals surface area contributed by atoms with Crippen LogP contribution in [0.3, 0.4) is 0 Å². The van der Waals surface area contributed by atoms with E-state index in [2.05, 4.69) is 10.6 Å². The number of carbonyl (C=O) groups is 1. The fraction of sp³-hybridized carbons (Fsp3) is 0.350. The van der Waals surface area contributed by atoms with Crippen molar-refractivity contribution >= 4 is 17.6 Å². The highest BCUT2D eigenvalue weighted by atomic mass is 35.5. The minimum absolute atomic E-state index is 0.230. The largest absolute Gasteiger partial charge is 0.493 e. The van der Waals surface area contributed by atoms with Crippen LogP contribution < -0.4 is 24.8 Å². The van der Waals surface area contributed by atoms with Crippen molar-refractivity contribution in [2.24, 2.45) is 0 Å². The van der Waals surface area contributed by atoms with Crippen molar-refractivity contribution < 1.29 is 19.0 Å². The zero-order valence-corrected chi connectivity index (χ0v) is 16.6. The van der Waals surface area contributed by atoms with E-state index in [4.69, 9.17) is 25.8 Å². The van der Waals surface area contributed by atoms with Gasteiger partial charge in [-0.3, -0.25) is 0 Å². The molecule has 2 rings (SSSR count). The SMILES string of the molecule is COc1ccc(CCNC(=O)NCCOc2ccc(Cl)cc2C)cc1OC. The van der Waals surface area contributed by atoms with Gasteiger partial charge in [0.2, 0.25) is 0 Å². The number of aryl methyl sites for hydroxylation is 1. The van der Waals surface area contributed by atoms with E-state index in [1.807, 2.05) is 37.3 Å².